The zero-order valence-corrected chi connectivity index (χ0v) is 13.8. The Kier molecular flexibility index (Phi) is 4.31. The smallest absolute Gasteiger partial charge is 0.234 e. The van der Waals surface area contributed by atoms with Crippen LogP contribution in [0.4, 0.5) is 15.9 Å². The van der Waals surface area contributed by atoms with Gasteiger partial charge >= 0.3 is 0 Å². The number of carbonyl (C=O) groups is 1. The predicted octanol–water partition coefficient (Wildman–Crippen LogP) is 1.58. The summed E-state index contributed by atoms with van der Waals surface area (Å²) in [6.45, 7) is 3.41. The number of halogens is 1. The molecule has 1 fully saturated rings. The zero-order chi connectivity index (χ0) is 17.2. The van der Waals surface area contributed by atoms with Gasteiger partial charge in [0.25, 0.3) is 0 Å². The fourth-order valence-corrected chi connectivity index (χ4v) is 3.32. The summed E-state index contributed by atoms with van der Waals surface area (Å²) < 4.78 is 19.2. The van der Waals surface area contributed by atoms with E-state index in [9.17, 15) is 9.18 Å². The molecule has 1 aromatic carbocycles. The second-order valence-corrected chi connectivity index (χ2v) is 6.14. The number of fused-ring (bicyclic) bond motifs is 1. The lowest BCUT2D eigenvalue weighted by Crippen LogP contribution is -2.37. The van der Waals surface area contributed by atoms with E-state index in [1.54, 1.807) is 23.2 Å². The first kappa shape index (κ1) is 16.0. The molecule has 0 saturated carbocycles. The van der Waals surface area contributed by atoms with Crippen molar-refractivity contribution in [1.82, 2.24) is 9.97 Å². The van der Waals surface area contributed by atoms with E-state index in [0.717, 1.165) is 18.9 Å². The van der Waals surface area contributed by atoms with Gasteiger partial charge < -0.3 is 14.5 Å². The summed E-state index contributed by atoms with van der Waals surface area (Å²) in [6.07, 6.45) is 2.33. The van der Waals surface area contributed by atoms with Gasteiger partial charge in [0.15, 0.2) is 0 Å². The molecule has 0 spiro atoms. The molecule has 2 aliphatic rings. The van der Waals surface area contributed by atoms with Crippen molar-refractivity contribution in [3.63, 3.8) is 0 Å². The Morgan fingerprint density at radius 3 is 2.88 bits per heavy atom. The van der Waals surface area contributed by atoms with Crippen molar-refractivity contribution in [2.24, 2.45) is 0 Å². The Morgan fingerprint density at radius 1 is 1.20 bits per heavy atom. The number of hydrogen-bond donors (Lipinski definition) is 0. The second kappa shape index (κ2) is 6.76. The highest BCUT2D eigenvalue weighted by Crippen LogP contribution is 2.30. The SMILES string of the molecule is O=C(Cc1nccc(N2CCOCC2)n1)N1CCc2c(F)cccc21. The summed E-state index contributed by atoms with van der Waals surface area (Å²) >= 11 is 0. The maximum absolute atomic E-state index is 13.8. The van der Waals surface area contributed by atoms with Gasteiger partial charge in [-0.15, -0.1) is 0 Å². The van der Waals surface area contributed by atoms with Crippen molar-refractivity contribution in [3.8, 4) is 0 Å². The number of hydrogen-bond acceptors (Lipinski definition) is 5. The molecule has 1 amide bonds. The molecule has 0 N–H and O–H groups in total. The van der Waals surface area contributed by atoms with E-state index in [-0.39, 0.29) is 18.1 Å². The molecule has 1 aromatic heterocycles. The number of ether oxygens (including phenoxy) is 1. The standard InChI is InChI=1S/C18H19FN4O2/c19-14-2-1-3-15-13(14)5-7-23(15)18(24)12-16-20-6-4-17(21-16)22-8-10-25-11-9-22/h1-4,6H,5,7-12H2. The summed E-state index contributed by atoms with van der Waals surface area (Å²) in [5.41, 5.74) is 1.27. The quantitative estimate of drug-likeness (QED) is 0.848. The largest absolute Gasteiger partial charge is 0.378 e. The lowest BCUT2D eigenvalue weighted by Gasteiger charge is -2.27. The molecular formula is C18H19FN4O2. The summed E-state index contributed by atoms with van der Waals surface area (Å²) in [5, 5.41) is 0. The van der Waals surface area contributed by atoms with Crippen molar-refractivity contribution in [2.75, 3.05) is 42.6 Å². The van der Waals surface area contributed by atoms with Gasteiger partial charge in [0.05, 0.1) is 19.6 Å². The van der Waals surface area contributed by atoms with Gasteiger partial charge in [-0.25, -0.2) is 14.4 Å². The monoisotopic (exact) mass is 342 g/mol. The van der Waals surface area contributed by atoms with Crippen LogP contribution < -0.4 is 9.80 Å². The van der Waals surface area contributed by atoms with E-state index >= 15 is 0 Å². The second-order valence-electron chi connectivity index (χ2n) is 6.14. The Hall–Kier alpha value is -2.54. The normalized spacial score (nSPS) is 16.8. The molecule has 25 heavy (non-hydrogen) atoms. The van der Waals surface area contributed by atoms with E-state index in [4.69, 9.17) is 4.74 Å². The van der Waals surface area contributed by atoms with E-state index in [1.165, 1.54) is 6.07 Å². The van der Waals surface area contributed by atoms with Crippen LogP contribution in [0.1, 0.15) is 11.4 Å². The summed E-state index contributed by atoms with van der Waals surface area (Å²) in [4.78, 5) is 25.2. The number of rotatable bonds is 3. The van der Waals surface area contributed by atoms with Gasteiger partial charge in [-0.1, -0.05) is 6.07 Å². The number of benzene rings is 1. The summed E-state index contributed by atoms with van der Waals surface area (Å²) in [6, 6.07) is 6.70. The summed E-state index contributed by atoms with van der Waals surface area (Å²) in [7, 11) is 0. The van der Waals surface area contributed by atoms with Gasteiger partial charge in [0.2, 0.25) is 5.91 Å². The topological polar surface area (TPSA) is 58.6 Å². The third kappa shape index (κ3) is 3.19. The third-order valence-electron chi connectivity index (χ3n) is 4.61. The molecule has 6 nitrogen and oxygen atoms in total. The molecule has 3 heterocycles. The Bertz CT molecular complexity index is 792. The first-order valence-electron chi connectivity index (χ1n) is 8.45. The molecule has 7 heteroatoms. The average Bonchev–Trinajstić information content (AvgIpc) is 3.08. The van der Waals surface area contributed by atoms with Crippen LogP contribution in [0.5, 0.6) is 0 Å². The van der Waals surface area contributed by atoms with Crippen LogP contribution >= 0.6 is 0 Å². The molecule has 1 saturated heterocycles. The zero-order valence-electron chi connectivity index (χ0n) is 13.8. The molecule has 0 aliphatic carbocycles. The first-order valence-corrected chi connectivity index (χ1v) is 8.45. The van der Waals surface area contributed by atoms with Crippen LogP contribution in [-0.4, -0.2) is 48.7 Å². The van der Waals surface area contributed by atoms with Gasteiger partial charge in [-0.2, -0.15) is 0 Å². The maximum Gasteiger partial charge on any atom is 0.234 e. The van der Waals surface area contributed by atoms with Gasteiger partial charge in [-0.05, 0) is 24.6 Å². The van der Waals surface area contributed by atoms with Gasteiger partial charge in [0.1, 0.15) is 17.5 Å². The summed E-state index contributed by atoms with van der Waals surface area (Å²) in [5.74, 6) is 0.939. The highest BCUT2D eigenvalue weighted by molar-refractivity contribution is 5.96. The minimum atomic E-state index is -0.252. The lowest BCUT2D eigenvalue weighted by atomic mass is 10.1. The fraction of sp³-hybridized carbons (Fsp3) is 0.389. The van der Waals surface area contributed by atoms with Crippen molar-refractivity contribution in [2.45, 2.75) is 12.8 Å². The average molecular weight is 342 g/mol. The van der Waals surface area contributed by atoms with Crippen LogP contribution in [-0.2, 0) is 22.4 Å². The van der Waals surface area contributed by atoms with Crippen LogP contribution in [0.15, 0.2) is 30.5 Å². The molecular weight excluding hydrogens is 323 g/mol. The highest BCUT2D eigenvalue weighted by atomic mass is 19.1. The van der Waals surface area contributed by atoms with Gasteiger partial charge in [-0.3, -0.25) is 4.79 Å². The van der Waals surface area contributed by atoms with Gasteiger partial charge in [0, 0.05) is 37.1 Å². The molecule has 0 atom stereocenters. The van der Waals surface area contributed by atoms with E-state index in [2.05, 4.69) is 14.9 Å². The minimum absolute atomic E-state index is 0.105. The number of morpholine rings is 1. The Labute approximate surface area is 145 Å². The molecule has 130 valence electrons. The molecule has 4 rings (SSSR count). The van der Waals surface area contributed by atoms with Crippen molar-refractivity contribution < 1.29 is 13.9 Å². The van der Waals surface area contributed by atoms with E-state index < -0.39 is 0 Å². The third-order valence-corrected chi connectivity index (χ3v) is 4.61. The fourth-order valence-electron chi connectivity index (χ4n) is 3.32. The molecule has 0 unspecified atom stereocenters. The number of nitrogens with zero attached hydrogens (tertiary/aromatic N) is 4. The number of carbonyl (C=O) groups excluding carboxylic acids is 1. The van der Waals surface area contributed by atoms with Crippen LogP contribution in [0.25, 0.3) is 0 Å². The maximum atomic E-state index is 13.8. The molecule has 2 aromatic rings. The molecule has 0 radical (unpaired) electrons. The van der Waals surface area contributed by atoms with Crippen molar-refractivity contribution in [1.29, 1.82) is 0 Å². The van der Waals surface area contributed by atoms with Crippen molar-refractivity contribution >= 4 is 17.4 Å². The molecule has 0 bridgehead atoms. The highest BCUT2D eigenvalue weighted by Gasteiger charge is 2.27. The predicted molar refractivity (Wildman–Crippen MR) is 91.2 cm³/mol. The van der Waals surface area contributed by atoms with Crippen LogP contribution in [0.3, 0.4) is 0 Å². The number of amides is 1. The first-order chi connectivity index (χ1) is 12.2. The Balaban J connectivity index is 1.50. The van der Waals surface area contributed by atoms with E-state index in [1.807, 2.05) is 6.07 Å². The van der Waals surface area contributed by atoms with E-state index in [0.29, 0.717) is 43.3 Å². The Morgan fingerprint density at radius 2 is 2.04 bits per heavy atom. The lowest BCUT2D eigenvalue weighted by molar-refractivity contribution is -0.118. The van der Waals surface area contributed by atoms with Crippen molar-refractivity contribution in [3.05, 3.63) is 47.7 Å². The van der Waals surface area contributed by atoms with Crippen LogP contribution in [0.2, 0.25) is 0 Å². The number of aromatic nitrogens is 2. The minimum Gasteiger partial charge on any atom is -0.378 e. The molecule has 2 aliphatic heterocycles. The van der Waals surface area contributed by atoms with Crippen LogP contribution in [0, 0.1) is 5.82 Å². The number of anilines is 2.